The Balaban J connectivity index is 2.26. The third-order valence-corrected chi connectivity index (χ3v) is 9.86. The zero-order valence-corrected chi connectivity index (χ0v) is 16.8. The molecule has 4 nitrogen and oxygen atoms in total. The zero-order chi connectivity index (χ0) is 16.1. The number of hydrogen-bond acceptors (Lipinski definition) is 5. The molecule has 0 aromatic rings. The molecule has 1 fully saturated rings. The summed E-state index contributed by atoms with van der Waals surface area (Å²) in [5.41, 5.74) is 0. The Kier molecular flexibility index (Phi) is 7.63. The molecule has 0 radical (unpaired) electrons. The predicted molar refractivity (Wildman–Crippen MR) is 97.5 cm³/mol. The minimum Gasteiger partial charge on any atom is -0.477 e. The largest absolute Gasteiger partial charge is 0.477 e. The second kappa shape index (κ2) is 8.26. The van der Waals surface area contributed by atoms with Crippen LogP contribution < -0.4 is 0 Å². The van der Waals surface area contributed by atoms with Crippen LogP contribution in [0.1, 0.15) is 20.8 Å². The lowest BCUT2D eigenvalue weighted by Crippen LogP contribution is -2.46. The normalized spacial score (nSPS) is 24.9. The van der Waals surface area contributed by atoms with Crippen LogP contribution in [0.15, 0.2) is 0 Å². The maximum absolute atomic E-state index is 6.17. The van der Waals surface area contributed by atoms with Gasteiger partial charge < -0.3 is 18.6 Å². The highest BCUT2D eigenvalue weighted by Gasteiger charge is 2.38. The van der Waals surface area contributed by atoms with Crippen LogP contribution in [0, 0.1) is 0 Å². The molecule has 126 valence electrons. The van der Waals surface area contributed by atoms with Gasteiger partial charge >= 0.3 is 0 Å². The molecule has 2 unspecified atom stereocenters. The lowest BCUT2D eigenvalue weighted by molar-refractivity contribution is -0.152. The van der Waals surface area contributed by atoms with Gasteiger partial charge in [0.25, 0.3) is 0 Å². The first kappa shape index (κ1) is 19.4. The Morgan fingerprint density at radius 3 is 2.14 bits per heavy atom. The van der Waals surface area contributed by atoms with Crippen LogP contribution in [-0.4, -0.2) is 57.6 Å². The fraction of sp³-hybridized carbons (Fsp3) is 0.929. The molecule has 0 aliphatic carbocycles. The van der Waals surface area contributed by atoms with Gasteiger partial charge in [0.1, 0.15) is 18.8 Å². The first-order valence-electron chi connectivity index (χ1n) is 7.37. The molecule has 0 N–H and O–H groups in total. The topological polar surface area (TPSA) is 36.9 Å². The van der Waals surface area contributed by atoms with Crippen LogP contribution >= 0.6 is 24.0 Å². The second-order valence-electron chi connectivity index (χ2n) is 6.83. The standard InChI is InChI=1S/C14H30O4S2Si/c1-14(2,3)21(5,6)18-10-12-8-15-11(7-16-12)9-17-13(19)20-4/h11-12H,7-10,20H2,1-6H3. The monoisotopic (exact) mass is 354 g/mol. The third-order valence-electron chi connectivity index (χ3n) is 4.08. The molecule has 0 bridgehead atoms. The lowest BCUT2D eigenvalue weighted by Gasteiger charge is -2.38. The van der Waals surface area contributed by atoms with Gasteiger partial charge in [-0.1, -0.05) is 20.8 Å². The van der Waals surface area contributed by atoms with E-state index in [-0.39, 0.29) is 17.2 Å². The van der Waals surface area contributed by atoms with Crippen LogP contribution in [0.4, 0.5) is 0 Å². The van der Waals surface area contributed by atoms with E-state index in [1.165, 1.54) is 0 Å². The Morgan fingerprint density at radius 1 is 1.19 bits per heavy atom. The summed E-state index contributed by atoms with van der Waals surface area (Å²) < 4.78 is 23.8. The van der Waals surface area contributed by atoms with E-state index in [2.05, 4.69) is 33.9 Å². The van der Waals surface area contributed by atoms with E-state index in [9.17, 15) is 0 Å². The zero-order valence-electron chi connectivity index (χ0n) is 14.0. The fourth-order valence-electron chi connectivity index (χ4n) is 1.53. The molecule has 1 saturated heterocycles. The van der Waals surface area contributed by atoms with Gasteiger partial charge in [0.15, 0.2) is 12.7 Å². The molecule has 7 heteroatoms. The van der Waals surface area contributed by atoms with Gasteiger partial charge in [0.05, 0.1) is 19.8 Å². The van der Waals surface area contributed by atoms with E-state index in [4.69, 9.17) is 30.9 Å². The van der Waals surface area contributed by atoms with E-state index in [1.54, 1.807) is 0 Å². The maximum Gasteiger partial charge on any atom is 0.196 e. The third kappa shape index (κ3) is 6.54. The molecule has 1 aliphatic heterocycles. The quantitative estimate of drug-likeness (QED) is 0.560. The van der Waals surface area contributed by atoms with E-state index < -0.39 is 8.32 Å². The molecule has 0 aromatic carbocycles. The van der Waals surface area contributed by atoms with Crippen LogP contribution in [0.3, 0.4) is 0 Å². The summed E-state index contributed by atoms with van der Waals surface area (Å²) in [6.45, 7) is 13.4. The molecule has 1 rings (SSSR count). The van der Waals surface area contributed by atoms with Crippen molar-refractivity contribution in [2.45, 2.75) is 51.1 Å². The van der Waals surface area contributed by atoms with Gasteiger partial charge in [-0.3, -0.25) is 0 Å². The Labute approximate surface area is 139 Å². The van der Waals surface area contributed by atoms with Gasteiger partial charge in [-0.25, -0.2) is 0 Å². The van der Waals surface area contributed by atoms with Crippen molar-refractivity contribution in [3.05, 3.63) is 0 Å². The SMILES string of the molecule is C[SH2]C(=S)OCC1COC(CO[Si](C)(C)C(C)(C)C)CO1. The van der Waals surface area contributed by atoms with Crippen molar-refractivity contribution in [3.63, 3.8) is 0 Å². The van der Waals surface area contributed by atoms with E-state index in [0.29, 0.717) is 42.6 Å². The molecule has 0 spiro atoms. The summed E-state index contributed by atoms with van der Waals surface area (Å²) in [5.74, 6) is 0. The summed E-state index contributed by atoms with van der Waals surface area (Å²) in [6, 6.07) is 0. The highest BCUT2D eigenvalue weighted by Crippen LogP contribution is 2.36. The van der Waals surface area contributed by atoms with Crippen molar-refractivity contribution in [2.24, 2.45) is 0 Å². The Hall–Kier alpha value is 0.337. The van der Waals surface area contributed by atoms with Gasteiger partial charge in [-0.05, 0) is 36.6 Å². The molecule has 2 atom stereocenters. The smallest absolute Gasteiger partial charge is 0.196 e. The number of thiocarbonyl (C=S) groups is 1. The van der Waals surface area contributed by atoms with Crippen LogP contribution in [-0.2, 0) is 18.6 Å². The Bertz CT molecular complexity index is 336. The Morgan fingerprint density at radius 2 is 1.71 bits per heavy atom. The fourth-order valence-corrected chi connectivity index (χ4v) is 2.87. The minimum absolute atomic E-state index is 0.0235. The van der Waals surface area contributed by atoms with Crippen LogP contribution in [0.2, 0.25) is 18.1 Å². The predicted octanol–water partition coefficient (Wildman–Crippen LogP) is 2.92. The minimum atomic E-state index is -1.72. The highest BCUT2D eigenvalue weighted by molar-refractivity contribution is 8.22. The first-order chi connectivity index (χ1) is 9.65. The lowest BCUT2D eigenvalue weighted by atomic mass is 10.2. The number of rotatable bonds is 5. The van der Waals surface area contributed by atoms with Gasteiger partial charge in [0.2, 0.25) is 0 Å². The van der Waals surface area contributed by atoms with Gasteiger partial charge in [0, 0.05) is 0 Å². The second-order valence-corrected chi connectivity index (χ2v) is 13.3. The average Bonchev–Trinajstić information content (AvgIpc) is 2.42. The summed E-state index contributed by atoms with van der Waals surface area (Å²) in [5, 5.41) is 0.218. The van der Waals surface area contributed by atoms with Crippen molar-refractivity contribution in [2.75, 3.05) is 32.7 Å². The number of hydrogen-bond donors (Lipinski definition) is 0. The molecule has 1 heterocycles. The van der Waals surface area contributed by atoms with Crippen LogP contribution in [0.5, 0.6) is 0 Å². The summed E-state index contributed by atoms with van der Waals surface area (Å²) >= 11 is 5.58. The average molecular weight is 355 g/mol. The maximum atomic E-state index is 6.17. The van der Waals surface area contributed by atoms with E-state index in [0.717, 1.165) is 0 Å². The van der Waals surface area contributed by atoms with Crippen molar-refractivity contribution in [1.29, 1.82) is 0 Å². The van der Waals surface area contributed by atoms with Crippen LogP contribution in [0.25, 0.3) is 0 Å². The molecular weight excluding hydrogens is 324 g/mol. The van der Waals surface area contributed by atoms with Gasteiger partial charge in [-0.2, -0.15) is 11.8 Å². The molecule has 0 aromatic heterocycles. The molecule has 0 amide bonds. The molecular formula is C14H30O4S2Si. The van der Waals surface area contributed by atoms with E-state index >= 15 is 0 Å². The van der Waals surface area contributed by atoms with Crippen molar-refractivity contribution < 1.29 is 18.6 Å². The first-order valence-corrected chi connectivity index (χ1v) is 12.2. The number of ether oxygens (including phenoxy) is 3. The van der Waals surface area contributed by atoms with Gasteiger partial charge in [-0.15, -0.1) is 0 Å². The van der Waals surface area contributed by atoms with Crippen molar-refractivity contribution >= 4 is 36.7 Å². The highest BCUT2D eigenvalue weighted by atomic mass is 32.2. The molecule has 0 saturated carbocycles. The van der Waals surface area contributed by atoms with Crippen molar-refractivity contribution in [3.8, 4) is 0 Å². The summed E-state index contributed by atoms with van der Waals surface area (Å²) in [7, 11) is -1.72. The summed E-state index contributed by atoms with van der Waals surface area (Å²) in [4.78, 5) is 0. The van der Waals surface area contributed by atoms with Crippen molar-refractivity contribution in [1.82, 2.24) is 0 Å². The molecule has 1 aliphatic rings. The van der Waals surface area contributed by atoms with E-state index in [1.807, 2.05) is 6.26 Å². The summed E-state index contributed by atoms with van der Waals surface area (Å²) in [6.07, 6.45) is 2.01. The molecule has 21 heavy (non-hydrogen) atoms.